The van der Waals surface area contributed by atoms with Crippen molar-refractivity contribution in [3.63, 3.8) is 0 Å². The summed E-state index contributed by atoms with van der Waals surface area (Å²) in [6, 6.07) is 15.7. The molecule has 2 heterocycles. The molecular formula is C50H35Cl2N14O25S8-. The van der Waals surface area contributed by atoms with Gasteiger partial charge in [0.1, 0.15) is 47.2 Å². The van der Waals surface area contributed by atoms with E-state index >= 15 is 0 Å². The van der Waals surface area contributed by atoms with Crippen molar-refractivity contribution in [3.05, 3.63) is 120 Å². The first-order valence-electron chi connectivity index (χ1n) is 26.0. The summed E-state index contributed by atoms with van der Waals surface area (Å²) in [5.41, 5.74) is -5.75. The lowest BCUT2D eigenvalue weighted by molar-refractivity contribution is 0.471. The molecule has 0 aliphatic rings. The van der Waals surface area contributed by atoms with Crippen molar-refractivity contribution < 1.29 is 110 Å². The molecule has 0 fully saturated rings. The van der Waals surface area contributed by atoms with E-state index in [9.17, 15) is 110 Å². The predicted molar refractivity (Wildman–Crippen MR) is 344 cm³/mol. The maximum atomic E-state index is 13.1. The summed E-state index contributed by atoms with van der Waals surface area (Å²) < 4.78 is 273. The Morgan fingerprint density at radius 3 is 1.44 bits per heavy atom. The Hall–Kier alpha value is -9.38. The molecule has 99 heavy (non-hydrogen) atoms. The number of azo groups is 2. The standard InChI is InChI=1S/C50H36Cl2N14O25S8/c1-2-66(24-5-3-6-25(18-24)92(69)70)50-59-46(52)58-49(61-50)55-33-20-27(94(74,75)76)14-22-16-37(98(86,87)88)41(43(68)39(22)33)65-63-31-17-23(9-12-35(31)96(80,81)82)53-47-56-45(51)57-48(60-47)54-32-19-26(93(71,72)73)13-21-15-36(97(83,84)85)40(42(67)38(21)32)64-62-30-11-10-28-29(44(30)99(89,90)91)7-4-8-34(28)95(77,78)79/h3-20,67-68H,2H2,1H3,(H,69,70)(H,71,72,73)(H,74,75,76)(H,77,78,79)(H,80,81,82)(H,83,84,85)(H,86,87,88)(H,89,90,91)(H,55,58,59,61)(H2,53,54,56,57,60)/p-1. The van der Waals surface area contributed by atoms with Gasteiger partial charge in [-0.05, 0) is 137 Å². The molecule has 39 nitrogen and oxygen atoms in total. The lowest BCUT2D eigenvalue weighted by atomic mass is 10.1. The number of halogens is 2. The zero-order valence-corrected chi connectivity index (χ0v) is 56.1. The van der Waals surface area contributed by atoms with Crippen molar-refractivity contribution in [2.24, 2.45) is 20.5 Å². The Bertz CT molecular complexity index is 6110. The van der Waals surface area contributed by atoms with Crippen LogP contribution in [0.4, 0.5) is 69.3 Å². The van der Waals surface area contributed by atoms with E-state index in [0.29, 0.717) is 42.5 Å². The lowest BCUT2D eigenvalue weighted by Gasteiger charge is -2.22. The van der Waals surface area contributed by atoms with Crippen molar-refractivity contribution in [2.75, 3.05) is 27.4 Å². The van der Waals surface area contributed by atoms with Gasteiger partial charge >= 0.3 is 0 Å². The number of aromatic hydroxyl groups is 2. The van der Waals surface area contributed by atoms with Crippen molar-refractivity contribution in [3.8, 4) is 11.5 Å². The van der Waals surface area contributed by atoms with E-state index in [1.165, 1.54) is 29.2 Å². The largest absolute Gasteiger partial charge is 0.768 e. The molecule has 10 rings (SSSR count). The third-order valence-electron chi connectivity index (χ3n) is 13.5. The first-order chi connectivity index (χ1) is 45.9. The van der Waals surface area contributed by atoms with Gasteiger partial charge in [-0.15, -0.1) is 20.5 Å². The van der Waals surface area contributed by atoms with Crippen LogP contribution in [0.1, 0.15) is 6.92 Å². The van der Waals surface area contributed by atoms with Crippen molar-refractivity contribution in [2.45, 2.75) is 46.1 Å². The van der Waals surface area contributed by atoms with E-state index in [4.69, 9.17) is 23.2 Å². The molecule has 0 aliphatic carbocycles. The van der Waals surface area contributed by atoms with Gasteiger partial charge in [0.15, 0.2) is 11.5 Å². The molecule has 8 aromatic carbocycles. The summed E-state index contributed by atoms with van der Waals surface area (Å²) in [4.78, 5) is 17.5. The summed E-state index contributed by atoms with van der Waals surface area (Å²) >= 11 is 9.87. The Morgan fingerprint density at radius 1 is 0.475 bits per heavy atom. The van der Waals surface area contributed by atoms with Crippen LogP contribution in [0.3, 0.4) is 0 Å². The molecule has 0 bridgehead atoms. The van der Waals surface area contributed by atoms with Gasteiger partial charge in [-0.2, -0.15) is 88.8 Å². The molecule has 2 aromatic heterocycles. The number of hydrogen-bond donors (Lipinski definition) is 12. The van der Waals surface area contributed by atoms with Crippen LogP contribution >= 0.6 is 23.2 Å². The van der Waals surface area contributed by atoms with Crippen LogP contribution in [0.15, 0.2) is 169 Å². The van der Waals surface area contributed by atoms with Gasteiger partial charge in [-0.25, -0.2) is 0 Å². The fourth-order valence-corrected chi connectivity index (χ4v) is 14.8. The fraction of sp³-hybridized carbons (Fsp3) is 0.0400. The van der Waals surface area contributed by atoms with Gasteiger partial charge in [-0.3, -0.25) is 36.1 Å². The third-order valence-corrected chi connectivity index (χ3v) is 20.6. The molecule has 10 aromatic rings. The molecule has 0 saturated carbocycles. The SMILES string of the molecule is CCN(c1cccc(S(=O)[O-])c1)c1nc(Cl)nc(Nc2cc(S(=O)(=O)O)cc3cc(S(=O)(=O)O)c(N=Nc4cc(Nc5nc(Cl)nc(Nc6cc(S(=O)(=O)O)cc7cc(S(=O)(=O)O)c(N=Nc8ccc9c(S(=O)(=O)O)cccc9c8S(=O)(=O)O)c(O)c67)n5)ccc4S(=O)(=O)O)c(O)c23)n1. The van der Waals surface area contributed by atoms with Crippen LogP contribution < -0.4 is 20.9 Å². The van der Waals surface area contributed by atoms with Crippen molar-refractivity contribution >= 4 is 207 Å². The highest BCUT2D eigenvalue weighted by atomic mass is 35.5. The highest BCUT2D eigenvalue weighted by Gasteiger charge is 2.31. The van der Waals surface area contributed by atoms with Crippen LogP contribution in [0.25, 0.3) is 32.3 Å². The van der Waals surface area contributed by atoms with Gasteiger partial charge in [0.25, 0.3) is 70.8 Å². The minimum absolute atomic E-state index is 0.0492. The van der Waals surface area contributed by atoms with E-state index in [1.54, 1.807) is 6.92 Å². The number of fused-ring (bicyclic) bond motifs is 3. The molecule has 0 saturated heterocycles. The van der Waals surface area contributed by atoms with Crippen LogP contribution in [-0.4, -0.2) is 146 Å². The highest BCUT2D eigenvalue weighted by Crippen LogP contribution is 2.49. The van der Waals surface area contributed by atoms with Crippen LogP contribution in [0.5, 0.6) is 11.5 Å². The fourth-order valence-electron chi connectivity index (χ4n) is 9.51. The second kappa shape index (κ2) is 26.4. The zero-order valence-electron chi connectivity index (χ0n) is 48.1. The van der Waals surface area contributed by atoms with Gasteiger partial charge in [-0.1, -0.05) is 24.3 Å². The Balaban J connectivity index is 1.05. The first-order valence-corrected chi connectivity index (χ1v) is 37.9. The monoisotopic (exact) mass is 1560 g/mol. The highest BCUT2D eigenvalue weighted by molar-refractivity contribution is 7.87. The smallest absolute Gasteiger partial charge is 0.297 e. The number of phenols is 2. The molecule has 0 aliphatic heterocycles. The molecule has 12 N–H and O–H groups in total. The van der Waals surface area contributed by atoms with Gasteiger partial charge in [0.05, 0.1) is 21.2 Å². The number of aromatic nitrogens is 6. The van der Waals surface area contributed by atoms with E-state index in [2.05, 4.69) is 66.3 Å². The maximum absolute atomic E-state index is 13.1. The molecule has 518 valence electrons. The Labute approximate surface area is 567 Å². The summed E-state index contributed by atoms with van der Waals surface area (Å²) in [6.45, 7) is 1.66. The Kier molecular flexibility index (Phi) is 19.3. The predicted octanol–water partition coefficient (Wildman–Crippen LogP) is 8.42. The average Bonchev–Trinajstić information content (AvgIpc) is 0.758. The van der Waals surface area contributed by atoms with E-state index in [0.717, 1.165) is 42.5 Å². The third kappa shape index (κ3) is 15.6. The van der Waals surface area contributed by atoms with Crippen LogP contribution in [0.2, 0.25) is 10.6 Å². The summed E-state index contributed by atoms with van der Waals surface area (Å²) in [5.74, 6) is -4.88. The summed E-state index contributed by atoms with van der Waals surface area (Å²) in [5, 5.41) is 41.2. The van der Waals surface area contributed by atoms with Crippen molar-refractivity contribution in [1.29, 1.82) is 0 Å². The minimum atomic E-state index is -5.62. The van der Waals surface area contributed by atoms with Gasteiger partial charge < -0.3 is 35.6 Å². The molecule has 0 amide bonds. The molecular weight excluding hydrogens is 1520 g/mol. The average molecular weight is 1560 g/mol. The zero-order chi connectivity index (χ0) is 72.6. The van der Waals surface area contributed by atoms with Gasteiger partial charge in [0.2, 0.25) is 34.4 Å². The summed E-state index contributed by atoms with van der Waals surface area (Å²) in [7, 11) is -37.7. The number of phenolic OH excluding ortho intramolecular Hbond substituents is 2. The molecule has 1 unspecified atom stereocenters. The Morgan fingerprint density at radius 2 is 0.960 bits per heavy atom. The van der Waals surface area contributed by atoms with Crippen LogP contribution in [-0.2, 0) is 81.9 Å². The molecule has 1 atom stereocenters. The first kappa shape index (κ1) is 72.4. The normalized spacial score (nSPS) is 13.2. The molecule has 0 spiro atoms. The molecule has 0 radical (unpaired) electrons. The van der Waals surface area contributed by atoms with Gasteiger partial charge in [0, 0.05) is 44.4 Å². The second-order valence-electron chi connectivity index (χ2n) is 19.8. The molecule has 49 heteroatoms. The number of anilines is 8. The van der Waals surface area contributed by atoms with Crippen LogP contribution in [0, 0.1) is 0 Å². The van der Waals surface area contributed by atoms with E-state index in [1.807, 2.05) is 0 Å². The topological polar surface area (TPSA) is 627 Å². The summed E-state index contributed by atoms with van der Waals surface area (Å²) in [6.07, 6.45) is 0. The van der Waals surface area contributed by atoms with Crippen molar-refractivity contribution in [1.82, 2.24) is 29.9 Å². The number of hydrogen-bond acceptors (Lipinski definition) is 32. The maximum Gasteiger partial charge on any atom is 0.297 e. The number of benzene rings is 8. The minimum Gasteiger partial charge on any atom is -0.768 e. The number of nitrogens with zero attached hydrogens (tertiary/aromatic N) is 11. The number of rotatable bonds is 21. The second-order valence-corrected chi connectivity index (χ2v) is 31.2. The number of nitrogens with one attached hydrogen (secondary N) is 3. The van der Waals surface area contributed by atoms with E-state index in [-0.39, 0.29) is 28.8 Å². The quantitative estimate of drug-likeness (QED) is 0.0182. The lowest BCUT2D eigenvalue weighted by Crippen LogP contribution is -2.20. The van der Waals surface area contributed by atoms with E-state index < -0.39 is 223 Å².